The van der Waals surface area contributed by atoms with Crippen molar-refractivity contribution in [2.24, 2.45) is 5.92 Å². The number of fused-ring (bicyclic) bond motifs is 1. The number of para-hydroxylation sites is 1. The van der Waals surface area contributed by atoms with Crippen LogP contribution in [0.25, 0.3) is 0 Å². The molecule has 0 aromatic heterocycles. The smallest absolute Gasteiger partial charge is 0.335 e. The van der Waals surface area contributed by atoms with Crippen LogP contribution in [0, 0.1) is 5.92 Å². The Hall–Kier alpha value is -1.88. The van der Waals surface area contributed by atoms with Gasteiger partial charge in [-0.25, -0.2) is 4.79 Å². The molecule has 0 radical (unpaired) electrons. The quantitative estimate of drug-likeness (QED) is 0.803. The lowest BCUT2D eigenvalue weighted by Crippen LogP contribution is -2.42. The zero-order valence-electron chi connectivity index (χ0n) is 9.96. The first-order valence-corrected chi connectivity index (χ1v) is 5.76. The maximum absolute atomic E-state index is 12.1. The number of hydrogen-bond donors (Lipinski definition) is 1. The molecule has 1 N–H and O–H groups in total. The lowest BCUT2D eigenvalue weighted by molar-refractivity contribution is -0.155. The highest BCUT2D eigenvalue weighted by molar-refractivity contribution is 6.03. The second-order valence-corrected chi connectivity index (χ2v) is 3.97. The van der Waals surface area contributed by atoms with Crippen LogP contribution >= 0.6 is 0 Å². The van der Waals surface area contributed by atoms with E-state index in [0.29, 0.717) is 11.3 Å². The molecule has 0 aliphatic carbocycles. The van der Waals surface area contributed by atoms with Crippen LogP contribution in [0.3, 0.4) is 0 Å². The number of esters is 1. The first-order valence-electron chi connectivity index (χ1n) is 5.76. The summed E-state index contributed by atoms with van der Waals surface area (Å²) in [6.07, 6.45) is -1.48. The van der Waals surface area contributed by atoms with E-state index in [1.165, 1.54) is 0 Å². The molecular formula is C13H14O5. The summed E-state index contributed by atoms with van der Waals surface area (Å²) in [5.74, 6) is -1.51. The van der Waals surface area contributed by atoms with Gasteiger partial charge in [-0.05, 0) is 19.1 Å². The van der Waals surface area contributed by atoms with E-state index in [-0.39, 0.29) is 19.0 Å². The van der Waals surface area contributed by atoms with E-state index in [1.54, 1.807) is 31.2 Å². The van der Waals surface area contributed by atoms with Gasteiger partial charge in [-0.3, -0.25) is 4.79 Å². The molecule has 0 bridgehead atoms. The Balaban J connectivity index is 2.19. The van der Waals surface area contributed by atoms with Crippen LogP contribution in [-0.2, 0) is 9.53 Å². The van der Waals surface area contributed by atoms with E-state index < -0.39 is 18.0 Å². The highest BCUT2D eigenvalue weighted by Crippen LogP contribution is 2.28. The summed E-state index contributed by atoms with van der Waals surface area (Å²) in [6.45, 7) is 1.78. The van der Waals surface area contributed by atoms with Gasteiger partial charge in [0.25, 0.3) is 0 Å². The van der Waals surface area contributed by atoms with E-state index in [0.717, 1.165) is 0 Å². The molecule has 18 heavy (non-hydrogen) atoms. The summed E-state index contributed by atoms with van der Waals surface area (Å²) in [4.78, 5) is 23.5. The van der Waals surface area contributed by atoms with Gasteiger partial charge in [-0.2, -0.15) is 0 Å². The average molecular weight is 250 g/mol. The van der Waals surface area contributed by atoms with Gasteiger partial charge < -0.3 is 14.6 Å². The van der Waals surface area contributed by atoms with Crippen molar-refractivity contribution in [1.29, 1.82) is 0 Å². The number of carbonyl (C=O) groups excluding carboxylic acids is 2. The monoisotopic (exact) mass is 250 g/mol. The predicted octanol–water partition coefficient (Wildman–Crippen LogP) is 0.802. The number of aliphatic hydroxyl groups excluding tert-OH is 1. The van der Waals surface area contributed by atoms with Crippen LogP contribution in [0.2, 0.25) is 0 Å². The van der Waals surface area contributed by atoms with Gasteiger partial charge in [-0.1, -0.05) is 12.1 Å². The molecule has 96 valence electrons. The van der Waals surface area contributed by atoms with E-state index in [9.17, 15) is 14.7 Å². The number of ketones is 1. The van der Waals surface area contributed by atoms with Crippen LogP contribution in [0.15, 0.2) is 24.3 Å². The average Bonchev–Trinajstić information content (AvgIpc) is 2.39. The van der Waals surface area contributed by atoms with Gasteiger partial charge in [-0.15, -0.1) is 0 Å². The standard InChI is InChI=1S/C13H14O5/c1-2-17-13(16)12(15)9-7-18-10-6-4-3-5-8(10)11(9)14/h3-6,9,12,15H,2,7H2,1H3/t9-,12+/m1/s1. The highest BCUT2D eigenvalue weighted by Gasteiger charge is 2.38. The molecule has 2 rings (SSSR count). The molecule has 1 aromatic carbocycles. The fourth-order valence-electron chi connectivity index (χ4n) is 1.88. The SMILES string of the molecule is CCOC(=O)[C@@H](O)[C@@H]1COc2ccccc2C1=O. The Labute approximate surface area is 104 Å². The predicted molar refractivity (Wildman–Crippen MR) is 62.4 cm³/mol. The minimum atomic E-state index is -1.48. The van der Waals surface area contributed by atoms with Gasteiger partial charge in [0.05, 0.1) is 18.1 Å². The third kappa shape index (κ3) is 2.22. The molecule has 0 unspecified atom stereocenters. The van der Waals surface area contributed by atoms with Crippen molar-refractivity contribution in [2.45, 2.75) is 13.0 Å². The summed E-state index contributed by atoms with van der Waals surface area (Å²) >= 11 is 0. The van der Waals surface area contributed by atoms with Crippen molar-refractivity contribution in [2.75, 3.05) is 13.2 Å². The normalized spacial score (nSPS) is 19.7. The molecule has 5 nitrogen and oxygen atoms in total. The van der Waals surface area contributed by atoms with Crippen LogP contribution in [0.1, 0.15) is 17.3 Å². The molecular weight excluding hydrogens is 236 g/mol. The van der Waals surface area contributed by atoms with Crippen LogP contribution in [0.5, 0.6) is 5.75 Å². The summed E-state index contributed by atoms with van der Waals surface area (Å²) in [5, 5.41) is 9.79. The Bertz CT molecular complexity index is 468. The van der Waals surface area contributed by atoms with Crippen LogP contribution in [-0.4, -0.2) is 36.2 Å². The summed E-state index contributed by atoms with van der Waals surface area (Å²) in [7, 11) is 0. The number of aliphatic hydroxyl groups is 1. The molecule has 1 aliphatic heterocycles. The molecule has 1 aromatic rings. The van der Waals surface area contributed by atoms with Gasteiger partial charge in [0.15, 0.2) is 11.9 Å². The molecule has 1 aliphatic rings. The zero-order valence-corrected chi connectivity index (χ0v) is 9.96. The number of Topliss-reactive ketones (excluding diaryl/α,β-unsaturated/α-hetero) is 1. The molecule has 0 fully saturated rings. The van der Waals surface area contributed by atoms with Crippen molar-refractivity contribution < 1.29 is 24.2 Å². The van der Waals surface area contributed by atoms with Crippen molar-refractivity contribution in [3.8, 4) is 5.75 Å². The second kappa shape index (κ2) is 5.18. The third-order valence-corrected chi connectivity index (χ3v) is 2.82. The van der Waals surface area contributed by atoms with Crippen LogP contribution < -0.4 is 4.74 Å². The number of carbonyl (C=O) groups is 2. The summed E-state index contributed by atoms with van der Waals surface area (Å²) < 4.78 is 10.1. The Kier molecular flexibility index (Phi) is 3.62. The fraction of sp³-hybridized carbons (Fsp3) is 0.385. The van der Waals surface area contributed by atoms with E-state index in [1.807, 2.05) is 0 Å². The van der Waals surface area contributed by atoms with E-state index in [4.69, 9.17) is 9.47 Å². The van der Waals surface area contributed by atoms with Crippen molar-refractivity contribution in [1.82, 2.24) is 0 Å². The zero-order chi connectivity index (χ0) is 13.1. The largest absolute Gasteiger partial charge is 0.492 e. The topological polar surface area (TPSA) is 72.8 Å². The first kappa shape index (κ1) is 12.6. The molecule has 2 atom stereocenters. The van der Waals surface area contributed by atoms with Crippen molar-refractivity contribution in [3.05, 3.63) is 29.8 Å². The Morgan fingerprint density at radius 3 is 3.00 bits per heavy atom. The number of benzene rings is 1. The fourth-order valence-corrected chi connectivity index (χ4v) is 1.88. The first-order chi connectivity index (χ1) is 8.65. The van der Waals surface area contributed by atoms with E-state index in [2.05, 4.69) is 0 Å². The second-order valence-electron chi connectivity index (χ2n) is 3.97. The lowest BCUT2D eigenvalue weighted by Gasteiger charge is -2.26. The summed E-state index contributed by atoms with van der Waals surface area (Å²) in [6, 6.07) is 6.76. The summed E-state index contributed by atoms with van der Waals surface area (Å²) in [5.41, 5.74) is 0.386. The molecule has 1 heterocycles. The van der Waals surface area contributed by atoms with Gasteiger partial charge in [0, 0.05) is 0 Å². The molecule has 0 saturated carbocycles. The Morgan fingerprint density at radius 2 is 2.28 bits per heavy atom. The molecule has 0 amide bonds. The minimum Gasteiger partial charge on any atom is -0.492 e. The van der Waals surface area contributed by atoms with Crippen molar-refractivity contribution in [3.63, 3.8) is 0 Å². The molecule has 0 spiro atoms. The Morgan fingerprint density at radius 1 is 1.56 bits per heavy atom. The third-order valence-electron chi connectivity index (χ3n) is 2.82. The van der Waals surface area contributed by atoms with Crippen LogP contribution in [0.4, 0.5) is 0 Å². The van der Waals surface area contributed by atoms with Gasteiger partial charge in [0.2, 0.25) is 0 Å². The maximum Gasteiger partial charge on any atom is 0.335 e. The highest BCUT2D eigenvalue weighted by atomic mass is 16.5. The number of rotatable bonds is 3. The van der Waals surface area contributed by atoms with Gasteiger partial charge in [0.1, 0.15) is 12.4 Å². The maximum atomic E-state index is 12.1. The molecule has 5 heteroatoms. The van der Waals surface area contributed by atoms with Crippen molar-refractivity contribution >= 4 is 11.8 Å². The minimum absolute atomic E-state index is 0.0180. The molecule has 0 saturated heterocycles. The number of ether oxygens (including phenoxy) is 2. The number of hydrogen-bond acceptors (Lipinski definition) is 5. The lowest BCUT2D eigenvalue weighted by atomic mass is 9.90. The van der Waals surface area contributed by atoms with E-state index >= 15 is 0 Å². The van der Waals surface area contributed by atoms with Gasteiger partial charge >= 0.3 is 5.97 Å².